The maximum atomic E-state index is 10.2. The van der Waals surface area contributed by atoms with Crippen LogP contribution in [-0.4, -0.2) is 13.0 Å². The summed E-state index contributed by atoms with van der Waals surface area (Å²) in [4.78, 5) is 10.2. The number of thiol groups is 1. The number of carbonyl (C=O) groups excluding carboxylic acids is 1. The molecule has 1 N–H and O–H groups in total. The summed E-state index contributed by atoms with van der Waals surface area (Å²) >= 11 is 3.67. The fourth-order valence-electron chi connectivity index (χ4n) is 0.151. The van der Waals surface area contributed by atoms with E-state index >= 15 is 0 Å². The zero-order chi connectivity index (χ0) is 5.70. The Morgan fingerprint density at radius 2 is 2.25 bits per heavy atom. The smallest absolute Gasteiger partial charge is 0.244 e. The molecule has 4 heteroatoms. The summed E-state index contributed by atoms with van der Waals surface area (Å²) in [6.07, 6.45) is 1.34. The van der Waals surface area contributed by atoms with Gasteiger partial charge in [-0.3, -0.25) is 4.79 Å². The fourth-order valence-corrected chi connectivity index (χ4v) is 0.286. The van der Waals surface area contributed by atoms with Crippen LogP contribution in [0.2, 0.25) is 0 Å². The zero-order valence-corrected chi connectivity index (χ0v) is 6.69. The van der Waals surface area contributed by atoms with Gasteiger partial charge in [-0.2, -0.15) is 12.6 Å². The van der Waals surface area contributed by atoms with E-state index in [1.807, 2.05) is 0 Å². The molecule has 2 nitrogen and oxygen atoms in total. The molecular weight excluding hydrogens is 218 g/mol. The molecule has 0 aliphatic heterocycles. The molecule has 0 fully saturated rings. The molecule has 0 bridgehead atoms. The van der Waals surface area contributed by atoms with Gasteiger partial charge in [-0.25, -0.2) is 0 Å². The third-order valence-electron chi connectivity index (χ3n) is 0.472. The van der Waals surface area contributed by atoms with Crippen molar-refractivity contribution in [2.24, 2.45) is 0 Å². The van der Waals surface area contributed by atoms with Crippen molar-refractivity contribution in [2.75, 3.05) is 7.05 Å². The van der Waals surface area contributed by atoms with Crippen LogP contribution in [0.1, 0.15) is 0 Å². The number of hydrogen-bond acceptors (Lipinski definition) is 2. The van der Waals surface area contributed by atoms with Crippen molar-refractivity contribution in [3.63, 3.8) is 0 Å². The molecule has 8 heavy (non-hydrogen) atoms. The maximum absolute atomic E-state index is 10.2. The Kier molecular flexibility index (Phi) is 10.2. The van der Waals surface area contributed by atoms with E-state index in [1.54, 1.807) is 7.05 Å². The SMILES string of the molecule is CNC(=O)C=CS.[Ag]. The van der Waals surface area contributed by atoms with Gasteiger partial charge in [-0.1, -0.05) is 0 Å². The van der Waals surface area contributed by atoms with Crippen molar-refractivity contribution in [3.05, 3.63) is 11.5 Å². The Labute approximate surface area is 69.6 Å². The maximum Gasteiger partial charge on any atom is 0.244 e. The van der Waals surface area contributed by atoms with E-state index in [0.29, 0.717) is 0 Å². The van der Waals surface area contributed by atoms with Crippen LogP contribution >= 0.6 is 12.6 Å². The first-order chi connectivity index (χ1) is 3.31. The topological polar surface area (TPSA) is 29.1 Å². The van der Waals surface area contributed by atoms with Crippen molar-refractivity contribution in [1.82, 2.24) is 5.32 Å². The van der Waals surface area contributed by atoms with Crippen LogP contribution in [0.25, 0.3) is 0 Å². The number of carbonyl (C=O) groups is 1. The largest absolute Gasteiger partial charge is 0.356 e. The Hall–Kier alpha value is 0.300. The molecule has 0 heterocycles. The predicted octanol–water partition coefficient (Wildman–Crippen LogP) is 0.173. The molecule has 51 valence electrons. The summed E-state index contributed by atoms with van der Waals surface area (Å²) in [5.41, 5.74) is 0. The monoisotopic (exact) mass is 224 g/mol. The molecule has 0 spiro atoms. The van der Waals surface area contributed by atoms with Crippen LogP contribution in [0.5, 0.6) is 0 Å². The van der Waals surface area contributed by atoms with Crippen molar-refractivity contribution >= 4 is 18.5 Å². The van der Waals surface area contributed by atoms with Crippen molar-refractivity contribution in [1.29, 1.82) is 0 Å². The summed E-state index contributed by atoms with van der Waals surface area (Å²) in [5.74, 6) is -0.130. The molecular formula is C4H7AgNOS. The summed E-state index contributed by atoms with van der Waals surface area (Å²) in [7, 11) is 1.57. The summed E-state index contributed by atoms with van der Waals surface area (Å²) in [5, 5.41) is 3.78. The molecule has 0 aromatic heterocycles. The Morgan fingerprint density at radius 1 is 1.75 bits per heavy atom. The third kappa shape index (κ3) is 6.30. The van der Waals surface area contributed by atoms with Gasteiger partial charge in [0, 0.05) is 35.5 Å². The number of nitrogens with one attached hydrogen (secondary N) is 1. The van der Waals surface area contributed by atoms with Crippen LogP contribution in [-0.2, 0) is 27.2 Å². The molecule has 1 amide bonds. The standard InChI is InChI=1S/C4H7NOS.Ag/c1-5-4(6)2-3-7;/h2-3,7H,1H3,(H,5,6);. The fraction of sp³-hybridized carbons (Fsp3) is 0.250. The van der Waals surface area contributed by atoms with E-state index in [0.717, 1.165) is 0 Å². The first-order valence-electron chi connectivity index (χ1n) is 1.83. The molecule has 0 saturated carbocycles. The van der Waals surface area contributed by atoms with Gasteiger partial charge in [-0.05, 0) is 5.41 Å². The van der Waals surface area contributed by atoms with Gasteiger partial charge in [0.1, 0.15) is 0 Å². The second kappa shape index (κ2) is 7.30. The van der Waals surface area contributed by atoms with Gasteiger partial charge in [0.05, 0.1) is 0 Å². The van der Waals surface area contributed by atoms with E-state index in [9.17, 15) is 4.79 Å². The van der Waals surface area contributed by atoms with Crippen LogP contribution in [0.3, 0.4) is 0 Å². The zero-order valence-electron chi connectivity index (χ0n) is 4.31. The molecule has 0 aliphatic carbocycles. The average Bonchev–Trinajstić information content (AvgIpc) is 1.68. The molecule has 0 atom stereocenters. The summed E-state index contributed by atoms with van der Waals surface area (Å²) < 4.78 is 0. The van der Waals surface area contributed by atoms with Gasteiger partial charge in [0.25, 0.3) is 0 Å². The number of hydrogen-bond donors (Lipinski definition) is 2. The van der Waals surface area contributed by atoms with Crippen molar-refractivity contribution in [2.45, 2.75) is 0 Å². The molecule has 1 radical (unpaired) electrons. The van der Waals surface area contributed by atoms with E-state index in [4.69, 9.17) is 0 Å². The number of amides is 1. The molecule has 0 aliphatic rings. The quantitative estimate of drug-likeness (QED) is 0.372. The Bertz CT molecular complexity index is 94.0. The van der Waals surface area contributed by atoms with Crippen molar-refractivity contribution in [3.8, 4) is 0 Å². The molecule has 0 aromatic rings. The van der Waals surface area contributed by atoms with Gasteiger partial charge >= 0.3 is 0 Å². The molecule has 0 rings (SSSR count). The van der Waals surface area contributed by atoms with Gasteiger partial charge in [0.2, 0.25) is 5.91 Å². The van der Waals surface area contributed by atoms with E-state index < -0.39 is 0 Å². The van der Waals surface area contributed by atoms with Crippen LogP contribution in [0, 0.1) is 0 Å². The van der Waals surface area contributed by atoms with E-state index in [2.05, 4.69) is 17.9 Å². The first kappa shape index (κ1) is 11.1. The van der Waals surface area contributed by atoms with E-state index in [-0.39, 0.29) is 28.3 Å². The minimum Gasteiger partial charge on any atom is -0.356 e. The molecule has 0 aromatic carbocycles. The van der Waals surface area contributed by atoms with E-state index in [1.165, 1.54) is 11.5 Å². The molecule has 0 saturated heterocycles. The van der Waals surface area contributed by atoms with Crippen LogP contribution in [0.15, 0.2) is 11.5 Å². The van der Waals surface area contributed by atoms with Gasteiger partial charge in [-0.15, -0.1) is 0 Å². The summed E-state index contributed by atoms with van der Waals surface area (Å²) in [6, 6.07) is 0. The average molecular weight is 225 g/mol. The summed E-state index contributed by atoms with van der Waals surface area (Å²) in [6.45, 7) is 0. The second-order valence-electron chi connectivity index (χ2n) is 0.930. The second-order valence-corrected chi connectivity index (χ2v) is 1.23. The van der Waals surface area contributed by atoms with Crippen LogP contribution < -0.4 is 5.32 Å². The molecule has 0 unspecified atom stereocenters. The van der Waals surface area contributed by atoms with Crippen LogP contribution in [0.4, 0.5) is 0 Å². The van der Waals surface area contributed by atoms with Crippen molar-refractivity contribution < 1.29 is 27.2 Å². The number of likely N-dealkylation sites (N-methyl/N-ethyl adjacent to an activating group) is 1. The number of rotatable bonds is 1. The first-order valence-corrected chi connectivity index (χ1v) is 2.35. The predicted molar refractivity (Wildman–Crippen MR) is 32.2 cm³/mol. The van der Waals surface area contributed by atoms with Gasteiger partial charge < -0.3 is 5.32 Å². The van der Waals surface area contributed by atoms with Gasteiger partial charge in [0.15, 0.2) is 0 Å². The Morgan fingerprint density at radius 3 is 2.38 bits per heavy atom. The third-order valence-corrected chi connectivity index (χ3v) is 0.621. The normalized spacial score (nSPS) is 8.25. The minimum absolute atomic E-state index is 0. The minimum atomic E-state index is -0.130. The Balaban J connectivity index is 0.